The Morgan fingerprint density at radius 2 is 1.92 bits per heavy atom. The highest BCUT2D eigenvalue weighted by Gasteiger charge is 1.93. The van der Waals surface area contributed by atoms with Gasteiger partial charge in [0.15, 0.2) is 0 Å². The molecule has 2 heteroatoms. The summed E-state index contributed by atoms with van der Waals surface area (Å²) in [6, 6.07) is 8.38. The number of aryl methyl sites for hydroxylation is 1. The Morgan fingerprint density at radius 1 is 1.17 bits per heavy atom. The molecule has 2 rings (SSSR count). The van der Waals surface area contributed by atoms with Crippen LogP contribution in [-0.4, -0.2) is 11.2 Å². The first-order chi connectivity index (χ1) is 5.88. The highest BCUT2D eigenvalue weighted by atomic mass is 32.1. The van der Waals surface area contributed by atoms with Crippen molar-refractivity contribution in [3.63, 3.8) is 0 Å². The fraction of sp³-hybridized carbons (Fsp3) is 0.200. The maximum atomic E-state index is 3.53. The van der Waals surface area contributed by atoms with Crippen molar-refractivity contribution in [2.24, 2.45) is 0 Å². The summed E-state index contributed by atoms with van der Waals surface area (Å²) in [5.74, 6) is 0. The fourth-order valence-corrected chi connectivity index (χ4v) is 1.24. The molecule has 1 aromatic carbocycles. The zero-order valence-electron chi connectivity index (χ0n) is 7.33. The molecule has 64 valence electrons. The van der Waals surface area contributed by atoms with Gasteiger partial charge in [-0.05, 0) is 30.2 Å². The fourth-order valence-electron chi connectivity index (χ4n) is 1.24. The molecule has 1 N–H and O–H groups in total. The summed E-state index contributed by atoms with van der Waals surface area (Å²) >= 11 is 3.53. The van der Waals surface area contributed by atoms with Gasteiger partial charge in [0.25, 0.3) is 0 Å². The first-order valence-electron chi connectivity index (χ1n) is 3.85. The summed E-state index contributed by atoms with van der Waals surface area (Å²) in [7, 11) is 0. The van der Waals surface area contributed by atoms with Crippen LogP contribution >= 0.6 is 12.6 Å². The summed E-state index contributed by atoms with van der Waals surface area (Å²) in [4.78, 5) is 3.19. The van der Waals surface area contributed by atoms with Crippen LogP contribution in [0.1, 0.15) is 5.56 Å². The van der Waals surface area contributed by atoms with Gasteiger partial charge in [0.1, 0.15) is 0 Å². The van der Waals surface area contributed by atoms with Crippen LogP contribution < -0.4 is 0 Å². The Hall–Kier alpha value is -0.890. The molecule has 0 fully saturated rings. The van der Waals surface area contributed by atoms with Gasteiger partial charge in [0, 0.05) is 11.7 Å². The number of fused-ring (bicyclic) bond motifs is 1. The zero-order chi connectivity index (χ0) is 8.97. The monoisotopic (exact) mass is 179 g/mol. The van der Waals surface area contributed by atoms with Crippen LogP contribution in [0.15, 0.2) is 30.5 Å². The van der Waals surface area contributed by atoms with Gasteiger partial charge in [-0.25, -0.2) is 0 Å². The first-order valence-corrected chi connectivity index (χ1v) is 4.75. The van der Waals surface area contributed by atoms with Gasteiger partial charge in [-0.3, -0.25) is 0 Å². The van der Waals surface area contributed by atoms with E-state index < -0.39 is 0 Å². The van der Waals surface area contributed by atoms with E-state index in [0.29, 0.717) is 0 Å². The van der Waals surface area contributed by atoms with Crippen molar-refractivity contribution in [1.29, 1.82) is 0 Å². The maximum Gasteiger partial charge on any atom is 0.0483 e. The third-order valence-corrected chi connectivity index (χ3v) is 1.80. The van der Waals surface area contributed by atoms with Gasteiger partial charge in [0.2, 0.25) is 0 Å². The van der Waals surface area contributed by atoms with Crippen LogP contribution in [0, 0.1) is 6.92 Å². The van der Waals surface area contributed by atoms with Crippen molar-refractivity contribution in [3.05, 3.63) is 36.0 Å². The standard InChI is InChI=1S/C9H9N.CH4S/c1-7-3-2-4-8-5-6-10-9(7)8;1-2/h2-6,10H,1H3;2H,1H3. The molecule has 12 heavy (non-hydrogen) atoms. The number of aromatic nitrogens is 1. The maximum absolute atomic E-state index is 3.53. The molecule has 0 saturated carbocycles. The van der Waals surface area contributed by atoms with E-state index in [9.17, 15) is 0 Å². The molecular weight excluding hydrogens is 166 g/mol. The topological polar surface area (TPSA) is 15.8 Å². The molecule has 0 unspecified atom stereocenters. The largest absolute Gasteiger partial charge is 0.361 e. The molecule has 0 aliphatic carbocycles. The summed E-state index contributed by atoms with van der Waals surface area (Å²) in [5.41, 5.74) is 2.56. The lowest BCUT2D eigenvalue weighted by Gasteiger charge is -1.92. The Labute approximate surface area is 78.2 Å². The van der Waals surface area contributed by atoms with Gasteiger partial charge >= 0.3 is 0 Å². The second kappa shape index (κ2) is 4.21. The highest BCUT2D eigenvalue weighted by molar-refractivity contribution is 7.79. The quantitative estimate of drug-likeness (QED) is 0.578. The van der Waals surface area contributed by atoms with Crippen LogP contribution in [-0.2, 0) is 0 Å². The van der Waals surface area contributed by atoms with Gasteiger partial charge < -0.3 is 4.98 Å². The number of hydrogen-bond donors (Lipinski definition) is 2. The van der Waals surface area contributed by atoms with Crippen molar-refractivity contribution in [2.45, 2.75) is 6.92 Å². The van der Waals surface area contributed by atoms with Crippen molar-refractivity contribution in [1.82, 2.24) is 4.98 Å². The summed E-state index contributed by atoms with van der Waals surface area (Å²) in [6.45, 7) is 2.11. The predicted octanol–water partition coefficient (Wildman–Crippen LogP) is 3.02. The third kappa shape index (κ3) is 1.64. The third-order valence-electron chi connectivity index (χ3n) is 1.80. The number of benzene rings is 1. The molecular formula is C10H13NS. The van der Waals surface area contributed by atoms with Crippen LogP contribution in [0.25, 0.3) is 10.9 Å². The van der Waals surface area contributed by atoms with E-state index >= 15 is 0 Å². The molecule has 0 bridgehead atoms. The van der Waals surface area contributed by atoms with Crippen molar-refractivity contribution >= 4 is 23.5 Å². The van der Waals surface area contributed by atoms with Crippen LogP contribution in [0.4, 0.5) is 0 Å². The Kier molecular flexibility index (Phi) is 3.23. The van der Waals surface area contributed by atoms with Crippen molar-refractivity contribution in [2.75, 3.05) is 6.26 Å². The SMILES string of the molecule is CS.Cc1cccc2cc[nH]c12. The molecule has 0 saturated heterocycles. The highest BCUT2D eigenvalue weighted by Crippen LogP contribution is 2.14. The Bertz CT molecular complexity index is 351. The lowest BCUT2D eigenvalue weighted by molar-refractivity contribution is 1.42. The molecule has 2 aromatic rings. The molecule has 0 amide bonds. The Balaban J connectivity index is 0.000000336. The van der Waals surface area contributed by atoms with Gasteiger partial charge in [-0.15, -0.1) is 0 Å². The van der Waals surface area contributed by atoms with Crippen LogP contribution in [0.5, 0.6) is 0 Å². The average Bonchev–Trinajstić information content (AvgIpc) is 2.57. The number of para-hydroxylation sites is 1. The average molecular weight is 179 g/mol. The van der Waals surface area contributed by atoms with E-state index in [4.69, 9.17) is 0 Å². The van der Waals surface area contributed by atoms with Gasteiger partial charge in [-0.1, -0.05) is 18.2 Å². The second-order valence-corrected chi connectivity index (χ2v) is 2.52. The minimum atomic E-state index is 1.25. The molecule has 1 nitrogen and oxygen atoms in total. The second-order valence-electron chi connectivity index (χ2n) is 2.52. The number of H-pyrrole nitrogens is 1. The molecule has 0 spiro atoms. The summed E-state index contributed by atoms with van der Waals surface area (Å²) in [5, 5.41) is 1.29. The van der Waals surface area contributed by atoms with E-state index in [1.807, 2.05) is 6.20 Å². The lowest BCUT2D eigenvalue weighted by Crippen LogP contribution is -1.72. The summed E-state index contributed by atoms with van der Waals surface area (Å²) in [6.07, 6.45) is 3.66. The minimum Gasteiger partial charge on any atom is -0.361 e. The van der Waals surface area contributed by atoms with Crippen LogP contribution in [0.2, 0.25) is 0 Å². The van der Waals surface area contributed by atoms with E-state index in [-0.39, 0.29) is 0 Å². The molecule has 0 aliphatic rings. The predicted molar refractivity (Wildman–Crippen MR) is 57.9 cm³/mol. The van der Waals surface area contributed by atoms with Crippen molar-refractivity contribution in [3.8, 4) is 0 Å². The molecule has 1 heterocycles. The lowest BCUT2D eigenvalue weighted by atomic mass is 10.2. The molecule has 0 aliphatic heterocycles. The van der Waals surface area contributed by atoms with E-state index in [1.54, 1.807) is 6.26 Å². The number of aromatic amines is 1. The van der Waals surface area contributed by atoms with E-state index in [2.05, 4.69) is 48.8 Å². The number of thiol groups is 1. The van der Waals surface area contributed by atoms with Gasteiger partial charge in [-0.2, -0.15) is 12.6 Å². The van der Waals surface area contributed by atoms with Crippen LogP contribution in [0.3, 0.4) is 0 Å². The van der Waals surface area contributed by atoms with Crippen molar-refractivity contribution < 1.29 is 0 Å². The zero-order valence-corrected chi connectivity index (χ0v) is 8.23. The molecule has 0 atom stereocenters. The summed E-state index contributed by atoms with van der Waals surface area (Å²) < 4.78 is 0. The van der Waals surface area contributed by atoms with E-state index in [0.717, 1.165) is 0 Å². The normalized spacial score (nSPS) is 9.25. The Morgan fingerprint density at radius 3 is 2.58 bits per heavy atom. The first kappa shape index (κ1) is 9.20. The smallest absolute Gasteiger partial charge is 0.0483 e. The van der Waals surface area contributed by atoms with E-state index in [1.165, 1.54) is 16.5 Å². The molecule has 1 aromatic heterocycles. The van der Waals surface area contributed by atoms with Gasteiger partial charge in [0.05, 0.1) is 0 Å². The number of rotatable bonds is 0. The molecule has 0 radical (unpaired) electrons. The number of hydrogen-bond acceptors (Lipinski definition) is 1. The number of nitrogens with one attached hydrogen (secondary N) is 1. The minimum absolute atomic E-state index is 1.25.